The van der Waals surface area contributed by atoms with Gasteiger partial charge in [0.1, 0.15) is 18.1 Å². The number of nitrogens with one attached hydrogen (secondary N) is 2. The minimum absolute atomic E-state index is 0.0375. The van der Waals surface area contributed by atoms with Gasteiger partial charge in [0.05, 0.1) is 17.7 Å². The second kappa shape index (κ2) is 10.6. The Kier molecular flexibility index (Phi) is 7.84. The van der Waals surface area contributed by atoms with Crippen LogP contribution in [-0.2, 0) is 4.79 Å². The number of anilines is 3. The van der Waals surface area contributed by atoms with Gasteiger partial charge in [0.15, 0.2) is 0 Å². The normalized spacial score (nSPS) is 14.8. The SMILES string of the molecule is CCCCOc1ccc(NC(=O)Nc2ccc3c(c2)OCC(C)(C)C(=O)N3CC(C)C)cc1. The molecule has 0 fully saturated rings. The van der Waals surface area contributed by atoms with E-state index in [4.69, 9.17) is 9.47 Å². The van der Waals surface area contributed by atoms with E-state index in [2.05, 4.69) is 31.4 Å². The van der Waals surface area contributed by atoms with E-state index in [1.165, 1.54) is 0 Å². The fourth-order valence-electron chi connectivity index (χ4n) is 3.53. The van der Waals surface area contributed by atoms with Crippen LogP contribution in [0.2, 0.25) is 0 Å². The van der Waals surface area contributed by atoms with Crippen molar-refractivity contribution in [3.05, 3.63) is 42.5 Å². The summed E-state index contributed by atoms with van der Waals surface area (Å²) in [4.78, 5) is 27.4. The van der Waals surface area contributed by atoms with Crippen molar-refractivity contribution in [3.8, 4) is 11.5 Å². The van der Waals surface area contributed by atoms with E-state index in [1.54, 1.807) is 29.2 Å². The number of rotatable bonds is 8. The summed E-state index contributed by atoms with van der Waals surface area (Å²) in [6, 6.07) is 12.3. The highest BCUT2D eigenvalue weighted by atomic mass is 16.5. The number of carbonyl (C=O) groups excluding carboxylic acids is 2. The predicted molar refractivity (Wildman–Crippen MR) is 132 cm³/mol. The molecule has 0 radical (unpaired) electrons. The lowest BCUT2D eigenvalue weighted by atomic mass is 9.92. The van der Waals surface area contributed by atoms with Crippen LogP contribution in [0, 0.1) is 11.3 Å². The highest BCUT2D eigenvalue weighted by Gasteiger charge is 2.38. The number of hydrogen-bond acceptors (Lipinski definition) is 4. The second-order valence-corrected chi connectivity index (χ2v) is 9.47. The summed E-state index contributed by atoms with van der Waals surface area (Å²) < 4.78 is 11.6. The zero-order valence-electron chi connectivity index (χ0n) is 20.2. The summed E-state index contributed by atoms with van der Waals surface area (Å²) in [5.74, 6) is 1.71. The minimum Gasteiger partial charge on any atom is -0.494 e. The molecular weight excluding hydrogens is 418 g/mol. The minimum atomic E-state index is -0.634. The maximum atomic E-state index is 13.1. The Morgan fingerprint density at radius 3 is 2.45 bits per heavy atom. The first-order chi connectivity index (χ1) is 15.7. The van der Waals surface area contributed by atoms with Gasteiger partial charge in [0, 0.05) is 24.0 Å². The van der Waals surface area contributed by atoms with Crippen molar-refractivity contribution >= 4 is 29.0 Å². The molecule has 3 amide bonds. The van der Waals surface area contributed by atoms with Gasteiger partial charge in [-0.05, 0) is 62.6 Å². The van der Waals surface area contributed by atoms with Crippen LogP contribution >= 0.6 is 0 Å². The molecule has 1 heterocycles. The summed E-state index contributed by atoms with van der Waals surface area (Å²) in [6.45, 7) is 11.6. The molecule has 7 heteroatoms. The standard InChI is InChI=1S/C26H35N3O4/c1-6-7-14-32-21-11-8-19(9-12-21)27-25(31)28-20-10-13-22-23(15-20)33-17-26(4,5)24(30)29(22)16-18(2)3/h8-13,15,18H,6-7,14,16-17H2,1-5H3,(H2,27,28,31). The smallest absolute Gasteiger partial charge is 0.323 e. The molecule has 0 aliphatic carbocycles. The molecular formula is C26H35N3O4. The van der Waals surface area contributed by atoms with Gasteiger partial charge in [0.2, 0.25) is 5.91 Å². The van der Waals surface area contributed by atoms with Crippen molar-refractivity contribution in [2.45, 2.75) is 47.5 Å². The van der Waals surface area contributed by atoms with Crippen LogP contribution in [0.25, 0.3) is 0 Å². The zero-order chi connectivity index (χ0) is 24.0. The maximum absolute atomic E-state index is 13.1. The number of unbranched alkanes of at least 4 members (excludes halogenated alkanes) is 1. The molecule has 0 unspecified atom stereocenters. The van der Waals surface area contributed by atoms with Gasteiger partial charge >= 0.3 is 6.03 Å². The summed E-state index contributed by atoms with van der Waals surface area (Å²) in [7, 11) is 0. The molecule has 2 N–H and O–H groups in total. The lowest BCUT2D eigenvalue weighted by molar-refractivity contribution is -0.127. The number of carbonyl (C=O) groups is 2. The van der Waals surface area contributed by atoms with Gasteiger partial charge in [0.25, 0.3) is 0 Å². The second-order valence-electron chi connectivity index (χ2n) is 9.47. The van der Waals surface area contributed by atoms with Crippen molar-refractivity contribution < 1.29 is 19.1 Å². The monoisotopic (exact) mass is 453 g/mol. The Hall–Kier alpha value is -3.22. The molecule has 0 saturated heterocycles. The van der Waals surface area contributed by atoms with E-state index in [1.807, 2.05) is 32.0 Å². The molecule has 0 atom stereocenters. The van der Waals surface area contributed by atoms with Crippen LogP contribution in [0.4, 0.5) is 21.9 Å². The van der Waals surface area contributed by atoms with Crippen molar-refractivity contribution in [1.82, 2.24) is 0 Å². The Labute approximate surface area is 196 Å². The molecule has 3 rings (SSSR count). The molecule has 1 aliphatic heterocycles. The van der Waals surface area contributed by atoms with Gasteiger partial charge in [-0.1, -0.05) is 27.2 Å². The van der Waals surface area contributed by atoms with Crippen molar-refractivity contribution in [2.75, 3.05) is 35.3 Å². The summed E-state index contributed by atoms with van der Waals surface area (Å²) >= 11 is 0. The molecule has 2 aromatic rings. The number of nitrogens with zero attached hydrogens (tertiary/aromatic N) is 1. The highest BCUT2D eigenvalue weighted by molar-refractivity contribution is 6.02. The van der Waals surface area contributed by atoms with Gasteiger partial charge in [-0.2, -0.15) is 0 Å². The number of urea groups is 1. The zero-order valence-corrected chi connectivity index (χ0v) is 20.2. The first-order valence-corrected chi connectivity index (χ1v) is 11.6. The average Bonchev–Trinajstić information content (AvgIpc) is 2.85. The Balaban J connectivity index is 1.68. The fraction of sp³-hybridized carbons (Fsp3) is 0.462. The molecule has 0 spiro atoms. The number of benzene rings is 2. The van der Waals surface area contributed by atoms with Crippen LogP contribution in [0.15, 0.2) is 42.5 Å². The number of amides is 3. The van der Waals surface area contributed by atoms with E-state index < -0.39 is 5.41 Å². The van der Waals surface area contributed by atoms with Crippen molar-refractivity contribution in [2.24, 2.45) is 11.3 Å². The van der Waals surface area contributed by atoms with E-state index in [-0.39, 0.29) is 18.5 Å². The summed E-state index contributed by atoms with van der Waals surface area (Å²) in [6.07, 6.45) is 2.09. The van der Waals surface area contributed by atoms with Crippen LogP contribution in [0.1, 0.15) is 47.5 Å². The molecule has 7 nitrogen and oxygen atoms in total. The lowest BCUT2D eigenvalue weighted by Crippen LogP contribution is -2.43. The predicted octanol–water partition coefficient (Wildman–Crippen LogP) is 5.92. The van der Waals surface area contributed by atoms with Gasteiger partial charge < -0.3 is 25.0 Å². The third-order valence-electron chi connectivity index (χ3n) is 5.35. The Morgan fingerprint density at radius 2 is 1.79 bits per heavy atom. The number of fused-ring (bicyclic) bond motifs is 1. The largest absolute Gasteiger partial charge is 0.494 e. The summed E-state index contributed by atoms with van der Waals surface area (Å²) in [5.41, 5.74) is 1.34. The van der Waals surface area contributed by atoms with Crippen LogP contribution < -0.4 is 25.0 Å². The van der Waals surface area contributed by atoms with Crippen LogP contribution in [-0.4, -0.2) is 31.7 Å². The van der Waals surface area contributed by atoms with E-state index >= 15 is 0 Å². The lowest BCUT2D eigenvalue weighted by Gasteiger charge is -2.29. The Morgan fingerprint density at radius 1 is 1.12 bits per heavy atom. The summed E-state index contributed by atoms with van der Waals surface area (Å²) in [5, 5.41) is 5.66. The molecule has 0 aromatic heterocycles. The van der Waals surface area contributed by atoms with Crippen molar-refractivity contribution in [1.29, 1.82) is 0 Å². The first kappa shape index (κ1) is 24.4. The molecule has 0 saturated carbocycles. The molecule has 2 aromatic carbocycles. The van der Waals surface area contributed by atoms with Gasteiger partial charge in [-0.25, -0.2) is 4.79 Å². The van der Waals surface area contributed by atoms with Crippen LogP contribution in [0.3, 0.4) is 0 Å². The fourth-order valence-corrected chi connectivity index (χ4v) is 3.53. The molecule has 178 valence electrons. The molecule has 0 bridgehead atoms. The van der Waals surface area contributed by atoms with Crippen molar-refractivity contribution in [3.63, 3.8) is 0 Å². The molecule has 1 aliphatic rings. The quantitative estimate of drug-likeness (QED) is 0.487. The number of hydrogen-bond donors (Lipinski definition) is 2. The average molecular weight is 454 g/mol. The molecule has 33 heavy (non-hydrogen) atoms. The third kappa shape index (κ3) is 6.40. The third-order valence-corrected chi connectivity index (χ3v) is 5.35. The number of ether oxygens (including phenoxy) is 2. The topological polar surface area (TPSA) is 79.9 Å². The van der Waals surface area contributed by atoms with Crippen LogP contribution in [0.5, 0.6) is 11.5 Å². The van der Waals surface area contributed by atoms with E-state index in [9.17, 15) is 9.59 Å². The highest BCUT2D eigenvalue weighted by Crippen LogP contribution is 2.38. The van der Waals surface area contributed by atoms with E-state index in [0.717, 1.165) is 24.3 Å². The van der Waals surface area contributed by atoms with Gasteiger partial charge in [-0.15, -0.1) is 0 Å². The van der Waals surface area contributed by atoms with Gasteiger partial charge in [-0.3, -0.25) is 4.79 Å². The Bertz CT molecular complexity index is 970. The first-order valence-electron chi connectivity index (χ1n) is 11.6. The maximum Gasteiger partial charge on any atom is 0.323 e. The van der Waals surface area contributed by atoms with E-state index in [0.29, 0.717) is 36.2 Å².